The van der Waals surface area contributed by atoms with Crippen LogP contribution in [0, 0.1) is 5.92 Å². The van der Waals surface area contributed by atoms with E-state index in [-0.39, 0.29) is 17.2 Å². The normalized spacial score (nSPS) is 16.2. The van der Waals surface area contributed by atoms with Crippen molar-refractivity contribution < 1.29 is 38.8 Å². The van der Waals surface area contributed by atoms with Crippen LogP contribution in [-0.2, 0) is 11.2 Å². The number of carboxylic acids is 2. The Kier molecular flexibility index (Phi) is 11.8. The Morgan fingerprint density at radius 2 is 1.44 bits per heavy atom. The molecule has 1 amide bonds. The van der Waals surface area contributed by atoms with E-state index in [9.17, 15) is 24.6 Å². The van der Waals surface area contributed by atoms with Crippen LogP contribution < -0.4 is 19.5 Å². The topological polar surface area (TPSA) is 131 Å². The van der Waals surface area contributed by atoms with Gasteiger partial charge in [-0.05, 0) is 93.0 Å². The number of hydrogen-bond acceptors (Lipinski definition) is 6. The van der Waals surface area contributed by atoms with Crippen molar-refractivity contribution in [1.82, 2.24) is 5.32 Å². The van der Waals surface area contributed by atoms with Gasteiger partial charge in [0, 0.05) is 6.04 Å². The zero-order valence-corrected chi connectivity index (χ0v) is 24.2. The van der Waals surface area contributed by atoms with E-state index in [1.165, 1.54) is 18.2 Å². The highest BCUT2D eigenvalue weighted by Gasteiger charge is 2.29. The molecule has 2 atom stereocenters. The summed E-state index contributed by atoms with van der Waals surface area (Å²) in [5, 5.41) is 21.7. The number of aryl methyl sites for hydroxylation is 1. The second-order valence-corrected chi connectivity index (χ2v) is 10.7. The average molecular weight is 590 g/mol. The van der Waals surface area contributed by atoms with Gasteiger partial charge in [-0.1, -0.05) is 36.8 Å². The molecule has 43 heavy (non-hydrogen) atoms. The van der Waals surface area contributed by atoms with Crippen molar-refractivity contribution in [2.24, 2.45) is 5.92 Å². The molecule has 0 heterocycles. The summed E-state index contributed by atoms with van der Waals surface area (Å²) in [5.74, 6) is -0.984. The van der Waals surface area contributed by atoms with E-state index in [0.717, 1.165) is 36.3 Å². The highest BCUT2D eigenvalue weighted by atomic mass is 16.5. The number of para-hydroxylation sites is 1. The van der Waals surface area contributed by atoms with Gasteiger partial charge in [-0.3, -0.25) is 9.59 Å². The third kappa shape index (κ3) is 10.1. The molecule has 4 rings (SSSR count). The number of carboxylic acid groups (broad SMARTS) is 2. The molecule has 9 nitrogen and oxygen atoms in total. The van der Waals surface area contributed by atoms with Gasteiger partial charge in [0.1, 0.15) is 17.2 Å². The van der Waals surface area contributed by atoms with Gasteiger partial charge in [0.05, 0.1) is 36.9 Å². The van der Waals surface area contributed by atoms with Gasteiger partial charge in [0.2, 0.25) is 0 Å². The molecule has 0 aliphatic heterocycles. The third-order valence-electron chi connectivity index (χ3n) is 7.44. The van der Waals surface area contributed by atoms with Crippen molar-refractivity contribution >= 4 is 17.8 Å². The second-order valence-electron chi connectivity index (χ2n) is 10.7. The van der Waals surface area contributed by atoms with E-state index in [4.69, 9.17) is 14.2 Å². The fourth-order valence-corrected chi connectivity index (χ4v) is 5.09. The molecule has 0 spiro atoms. The summed E-state index contributed by atoms with van der Waals surface area (Å²) in [6.07, 6.45) is 5.56. The minimum absolute atomic E-state index is 0.0209. The summed E-state index contributed by atoms with van der Waals surface area (Å²) >= 11 is 0. The number of amides is 1. The maximum atomic E-state index is 13.1. The molecule has 1 aliphatic rings. The molecule has 3 N–H and O–H groups in total. The number of unbranched alkanes of at least 4 members (excludes halogenated alkanes) is 1. The van der Waals surface area contributed by atoms with E-state index in [1.807, 2.05) is 54.6 Å². The Hall–Kier alpha value is -4.53. The fraction of sp³-hybridized carbons (Fsp3) is 0.382. The van der Waals surface area contributed by atoms with Crippen molar-refractivity contribution in [1.29, 1.82) is 0 Å². The molecule has 3 aromatic carbocycles. The summed E-state index contributed by atoms with van der Waals surface area (Å²) in [5.41, 5.74) is 1.23. The monoisotopic (exact) mass is 589 g/mol. The number of rotatable bonds is 16. The van der Waals surface area contributed by atoms with Crippen LogP contribution in [0.5, 0.6) is 17.2 Å². The molecule has 1 aliphatic carbocycles. The number of ether oxygens (including phenoxy) is 3. The molecule has 1 saturated carbocycles. The lowest BCUT2D eigenvalue weighted by Crippen LogP contribution is -2.40. The van der Waals surface area contributed by atoms with E-state index < -0.39 is 23.8 Å². The molecular formula is C34H39NO8. The van der Waals surface area contributed by atoms with Gasteiger partial charge < -0.3 is 29.7 Å². The number of nitrogens with one attached hydrogen (secondary N) is 1. The number of hydrogen-bond donors (Lipinski definition) is 3. The van der Waals surface area contributed by atoms with Gasteiger partial charge >= 0.3 is 11.9 Å². The molecule has 228 valence electrons. The van der Waals surface area contributed by atoms with Crippen LogP contribution in [0.1, 0.15) is 71.2 Å². The van der Waals surface area contributed by atoms with Crippen LogP contribution in [0.2, 0.25) is 0 Å². The predicted octanol–water partition coefficient (Wildman–Crippen LogP) is 6.01. The highest BCUT2D eigenvalue weighted by molar-refractivity contribution is 6.00. The maximum absolute atomic E-state index is 13.1. The molecular weight excluding hydrogens is 550 g/mol. The number of carbonyl (C=O) groups is 3. The van der Waals surface area contributed by atoms with Crippen molar-refractivity contribution in [3.63, 3.8) is 0 Å². The minimum Gasteiger partial charge on any atom is -0.494 e. The van der Waals surface area contributed by atoms with E-state index in [2.05, 4.69) is 5.32 Å². The molecule has 0 saturated heterocycles. The number of aliphatic carboxylic acids is 1. The Balaban J connectivity index is 1.20. The van der Waals surface area contributed by atoms with Crippen LogP contribution in [0.15, 0.2) is 72.8 Å². The maximum Gasteiger partial charge on any atom is 0.335 e. The lowest BCUT2D eigenvalue weighted by molar-refractivity contribution is -0.143. The summed E-state index contributed by atoms with van der Waals surface area (Å²) in [4.78, 5) is 36.0. The standard InChI is InChI=1S/C34H39NO8/c36-32(35-27-10-6-9-25(22-27)33(37)38)30-23-26(34(39)40)15-18-31(30)43-21-7-8-24-13-16-29(17-14-24)42-20-5-4-19-41-28-11-2-1-3-12-28/h1-3,11-18,23,25,27H,4-10,19-22H2,(H,35,36)(H,37,38)(H,39,40)/t25-,27-/m1/s1. The molecule has 1 fully saturated rings. The Labute approximate surface area is 251 Å². The van der Waals surface area contributed by atoms with E-state index >= 15 is 0 Å². The van der Waals surface area contributed by atoms with E-state index in [0.29, 0.717) is 57.7 Å². The second kappa shape index (κ2) is 16.2. The first-order valence-corrected chi connectivity index (χ1v) is 14.8. The van der Waals surface area contributed by atoms with E-state index in [1.54, 1.807) is 0 Å². The fourth-order valence-electron chi connectivity index (χ4n) is 5.09. The van der Waals surface area contributed by atoms with Crippen LogP contribution >= 0.6 is 0 Å². The summed E-state index contributed by atoms with van der Waals surface area (Å²) in [6.45, 7) is 1.60. The molecule has 0 unspecified atom stereocenters. The van der Waals surface area contributed by atoms with Crippen molar-refractivity contribution in [2.45, 2.75) is 57.4 Å². The minimum atomic E-state index is -1.14. The predicted molar refractivity (Wildman–Crippen MR) is 161 cm³/mol. The zero-order chi connectivity index (χ0) is 30.4. The van der Waals surface area contributed by atoms with Crippen molar-refractivity contribution in [3.8, 4) is 17.2 Å². The number of benzene rings is 3. The Morgan fingerprint density at radius 1 is 0.767 bits per heavy atom. The smallest absolute Gasteiger partial charge is 0.335 e. The van der Waals surface area contributed by atoms with Crippen LogP contribution in [0.25, 0.3) is 0 Å². The van der Waals surface area contributed by atoms with Crippen LogP contribution in [-0.4, -0.2) is 53.9 Å². The third-order valence-corrected chi connectivity index (χ3v) is 7.44. The van der Waals surface area contributed by atoms with Crippen LogP contribution in [0.4, 0.5) is 0 Å². The molecule has 0 radical (unpaired) electrons. The van der Waals surface area contributed by atoms with Gasteiger partial charge in [-0.2, -0.15) is 0 Å². The SMILES string of the molecule is O=C(O)c1ccc(OCCCc2ccc(OCCCCOc3ccccc3)cc2)c(C(=O)N[C@@H]2CCC[C@@H](C(=O)O)C2)c1. The summed E-state index contributed by atoms with van der Waals surface area (Å²) in [7, 11) is 0. The van der Waals surface area contributed by atoms with Gasteiger partial charge in [0.15, 0.2) is 0 Å². The largest absolute Gasteiger partial charge is 0.494 e. The average Bonchev–Trinajstić information content (AvgIpc) is 3.02. The van der Waals surface area contributed by atoms with Gasteiger partial charge in [-0.15, -0.1) is 0 Å². The zero-order valence-electron chi connectivity index (χ0n) is 24.2. The van der Waals surface area contributed by atoms with Crippen molar-refractivity contribution in [3.05, 3.63) is 89.5 Å². The lowest BCUT2D eigenvalue weighted by Gasteiger charge is -2.27. The van der Waals surface area contributed by atoms with Gasteiger partial charge in [-0.25, -0.2) is 4.79 Å². The molecule has 0 aromatic heterocycles. The van der Waals surface area contributed by atoms with Crippen molar-refractivity contribution in [2.75, 3.05) is 19.8 Å². The first-order chi connectivity index (χ1) is 20.9. The van der Waals surface area contributed by atoms with Gasteiger partial charge in [0.25, 0.3) is 5.91 Å². The Morgan fingerprint density at radius 3 is 2.12 bits per heavy atom. The van der Waals surface area contributed by atoms with Crippen LogP contribution in [0.3, 0.4) is 0 Å². The molecule has 3 aromatic rings. The number of aromatic carboxylic acids is 1. The number of carbonyl (C=O) groups excluding carboxylic acids is 1. The molecule has 0 bridgehead atoms. The molecule has 9 heteroatoms. The summed E-state index contributed by atoms with van der Waals surface area (Å²) < 4.78 is 17.5. The Bertz CT molecular complexity index is 1340. The lowest BCUT2D eigenvalue weighted by atomic mass is 9.85. The first kappa shape index (κ1) is 31.4. The highest BCUT2D eigenvalue weighted by Crippen LogP contribution is 2.26. The first-order valence-electron chi connectivity index (χ1n) is 14.8. The quantitative estimate of drug-likeness (QED) is 0.173. The summed E-state index contributed by atoms with van der Waals surface area (Å²) in [6, 6.07) is 21.6.